The number of hydrogen-bond donors (Lipinski definition) is 0. The third-order valence-corrected chi connectivity index (χ3v) is 4.58. The Morgan fingerprint density at radius 3 is 2.25 bits per heavy atom. The Labute approximate surface area is 101 Å². The summed E-state index contributed by atoms with van der Waals surface area (Å²) < 4.78 is 0. The Balaban J connectivity index is 1.72. The molecule has 0 N–H and O–H groups in total. The van der Waals surface area contributed by atoms with Crippen LogP contribution in [0.5, 0.6) is 0 Å². The van der Waals surface area contributed by atoms with Gasteiger partial charge in [-0.05, 0) is 58.8 Å². The van der Waals surface area contributed by atoms with Crippen molar-refractivity contribution in [2.24, 2.45) is 5.92 Å². The summed E-state index contributed by atoms with van der Waals surface area (Å²) in [7, 11) is 4.60. The lowest BCUT2D eigenvalue weighted by atomic mass is 9.88. The summed E-state index contributed by atoms with van der Waals surface area (Å²) in [5.74, 6) is 0.999. The van der Waals surface area contributed by atoms with Gasteiger partial charge in [0.2, 0.25) is 0 Å². The van der Waals surface area contributed by atoms with Gasteiger partial charge in [0.15, 0.2) is 0 Å². The summed E-state index contributed by atoms with van der Waals surface area (Å²) in [6.45, 7) is 3.94. The third kappa shape index (κ3) is 3.46. The summed E-state index contributed by atoms with van der Waals surface area (Å²) in [5.41, 5.74) is 0. The zero-order valence-electron chi connectivity index (χ0n) is 11.1. The van der Waals surface area contributed by atoms with E-state index in [4.69, 9.17) is 0 Å². The molecule has 0 bridgehead atoms. The van der Waals surface area contributed by atoms with Gasteiger partial charge in [0.05, 0.1) is 0 Å². The molecule has 16 heavy (non-hydrogen) atoms. The lowest BCUT2D eigenvalue weighted by Crippen LogP contribution is -2.43. The standard InChI is InChI=1S/C14H28N2/c1-15-10-8-14(9-11-15)16(2)12-13-6-4-3-5-7-13/h13-14H,3-12H2,1-2H3. The molecule has 0 atom stereocenters. The minimum atomic E-state index is 0.859. The quantitative estimate of drug-likeness (QED) is 0.727. The van der Waals surface area contributed by atoms with Gasteiger partial charge in [-0.3, -0.25) is 0 Å². The van der Waals surface area contributed by atoms with Crippen LogP contribution in [0.4, 0.5) is 0 Å². The molecule has 0 amide bonds. The zero-order valence-corrected chi connectivity index (χ0v) is 11.1. The molecule has 94 valence electrons. The van der Waals surface area contributed by atoms with Crippen LogP contribution in [0.15, 0.2) is 0 Å². The van der Waals surface area contributed by atoms with Crippen LogP contribution in [0, 0.1) is 5.92 Å². The van der Waals surface area contributed by atoms with Crippen molar-refractivity contribution in [2.75, 3.05) is 33.7 Å². The van der Waals surface area contributed by atoms with Gasteiger partial charge in [-0.25, -0.2) is 0 Å². The molecular formula is C14H28N2. The van der Waals surface area contributed by atoms with Gasteiger partial charge < -0.3 is 9.80 Å². The molecule has 2 heteroatoms. The largest absolute Gasteiger partial charge is 0.306 e. The first-order chi connectivity index (χ1) is 7.75. The maximum absolute atomic E-state index is 2.66. The second kappa shape index (κ2) is 6.02. The Hall–Kier alpha value is -0.0800. The van der Waals surface area contributed by atoms with E-state index in [0.717, 1.165) is 12.0 Å². The fourth-order valence-electron chi connectivity index (χ4n) is 3.36. The van der Waals surface area contributed by atoms with Crippen molar-refractivity contribution >= 4 is 0 Å². The normalized spacial score (nSPS) is 26.4. The average molecular weight is 224 g/mol. The van der Waals surface area contributed by atoms with E-state index in [1.165, 1.54) is 64.6 Å². The molecule has 0 aromatic heterocycles. The van der Waals surface area contributed by atoms with E-state index in [0.29, 0.717) is 0 Å². The molecular weight excluding hydrogens is 196 g/mol. The van der Waals surface area contributed by atoms with Crippen LogP contribution in [-0.2, 0) is 0 Å². The lowest BCUT2D eigenvalue weighted by molar-refractivity contribution is 0.120. The van der Waals surface area contributed by atoms with Gasteiger partial charge in [0, 0.05) is 12.6 Å². The van der Waals surface area contributed by atoms with Crippen LogP contribution in [0.3, 0.4) is 0 Å². The van der Waals surface area contributed by atoms with E-state index in [2.05, 4.69) is 23.9 Å². The fourth-order valence-corrected chi connectivity index (χ4v) is 3.36. The topological polar surface area (TPSA) is 6.48 Å². The summed E-state index contributed by atoms with van der Waals surface area (Å²) in [5, 5.41) is 0. The highest BCUT2D eigenvalue weighted by Gasteiger charge is 2.23. The van der Waals surface area contributed by atoms with Crippen LogP contribution < -0.4 is 0 Å². The van der Waals surface area contributed by atoms with E-state index < -0.39 is 0 Å². The predicted octanol–water partition coefficient (Wildman–Crippen LogP) is 2.59. The molecule has 1 aliphatic carbocycles. The Kier molecular flexibility index (Phi) is 4.66. The van der Waals surface area contributed by atoms with Crippen LogP contribution in [-0.4, -0.2) is 49.6 Å². The van der Waals surface area contributed by atoms with Gasteiger partial charge >= 0.3 is 0 Å². The minimum Gasteiger partial charge on any atom is -0.306 e. The maximum atomic E-state index is 2.66. The van der Waals surface area contributed by atoms with Gasteiger partial charge in [-0.2, -0.15) is 0 Å². The predicted molar refractivity (Wildman–Crippen MR) is 69.7 cm³/mol. The molecule has 0 aromatic rings. The van der Waals surface area contributed by atoms with Crippen molar-refractivity contribution in [1.29, 1.82) is 0 Å². The molecule has 0 radical (unpaired) electrons. The van der Waals surface area contributed by atoms with Crippen LogP contribution >= 0.6 is 0 Å². The molecule has 2 aliphatic rings. The highest BCUT2D eigenvalue weighted by molar-refractivity contribution is 4.79. The van der Waals surface area contributed by atoms with Gasteiger partial charge in [0.25, 0.3) is 0 Å². The average Bonchev–Trinajstić information content (AvgIpc) is 2.31. The number of hydrogen-bond acceptors (Lipinski definition) is 2. The maximum Gasteiger partial charge on any atom is 0.0117 e. The molecule has 0 spiro atoms. The molecule has 2 fully saturated rings. The first-order valence-electron chi connectivity index (χ1n) is 7.14. The summed E-state index contributed by atoms with van der Waals surface area (Å²) in [6, 6.07) is 0.859. The molecule has 1 aliphatic heterocycles. The van der Waals surface area contributed by atoms with Crippen molar-refractivity contribution in [2.45, 2.75) is 51.0 Å². The lowest BCUT2D eigenvalue weighted by Gasteiger charge is -2.37. The van der Waals surface area contributed by atoms with Crippen molar-refractivity contribution in [3.63, 3.8) is 0 Å². The first-order valence-corrected chi connectivity index (χ1v) is 7.14. The summed E-state index contributed by atoms with van der Waals surface area (Å²) >= 11 is 0. The second-order valence-corrected chi connectivity index (χ2v) is 5.98. The van der Waals surface area contributed by atoms with Gasteiger partial charge in [0.1, 0.15) is 0 Å². The highest BCUT2D eigenvalue weighted by Crippen LogP contribution is 2.25. The third-order valence-electron chi connectivity index (χ3n) is 4.58. The number of likely N-dealkylation sites (tertiary alicyclic amines) is 1. The van der Waals surface area contributed by atoms with E-state index in [1.807, 2.05) is 0 Å². The monoisotopic (exact) mass is 224 g/mol. The SMILES string of the molecule is CN1CCC(N(C)CC2CCCCC2)CC1. The van der Waals surface area contributed by atoms with Crippen LogP contribution in [0.25, 0.3) is 0 Å². The van der Waals surface area contributed by atoms with E-state index in [-0.39, 0.29) is 0 Å². The van der Waals surface area contributed by atoms with E-state index in [1.54, 1.807) is 0 Å². The van der Waals surface area contributed by atoms with Crippen molar-refractivity contribution in [1.82, 2.24) is 9.80 Å². The zero-order chi connectivity index (χ0) is 11.4. The minimum absolute atomic E-state index is 0.859. The van der Waals surface area contributed by atoms with Gasteiger partial charge in [-0.15, -0.1) is 0 Å². The Morgan fingerprint density at radius 1 is 1.00 bits per heavy atom. The van der Waals surface area contributed by atoms with E-state index >= 15 is 0 Å². The molecule has 1 saturated carbocycles. The van der Waals surface area contributed by atoms with Crippen molar-refractivity contribution < 1.29 is 0 Å². The fraction of sp³-hybridized carbons (Fsp3) is 1.00. The second-order valence-electron chi connectivity index (χ2n) is 5.98. The molecule has 0 aromatic carbocycles. The number of piperidine rings is 1. The van der Waals surface area contributed by atoms with Crippen molar-refractivity contribution in [3.8, 4) is 0 Å². The molecule has 1 saturated heterocycles. The molecule has 2 nitrogen and oxygen atoms in total. The first kappa shape index (κ1) is 12.4. The summed E-state index contributed by atoms with van der Waals surface area (Å²) in [4.78, 5) is 5.12. The smallest absolute Gasteiger partial charge is 0.0117 e. The highest BCUT2D eigenvalue weighted by atomic mass is 15.2. The molecule has 0 unspecified atom stereocenters. The number of rotatable bonds is 3. The summed E-state index contributed by atoms with van der Waals surface area (Å²) in [6.07, 6.45) is 10.2. The van der Waals surface area contributed by atoms with E-state index in [9.17, 15) is 0 Å². The molecule has 2 rings (SSSR count). The van der Waals surface area contributed by atoms with Crippen molar-refractivity contribution in [3.05, 3.63) is 0 Å². The van der Waals surface area contributed by atoms with Crippen LogP contribution in [0.1, 0.15) is 44.9 Å². The van der Waals surface area contributed by atoms with Gasteiger partial charge in [-0.1, -0.05) is 19.3 Å². The number of nitrogens with zero attached hydrogens (tertiary/aromatic N) is 2. The Morgan fingerprint density at radius 2 is 1.62 bits per heavy atom. The molecule has 1 heterocycles. The van der Waals surface area contributed by atoms with Crippen LogP contribution in [0.2, 0.25) is 0 Å². The Bertz CT molecular complexity index is 191.